The predicted octanol–water partition coefficient (Wildman–Crippen LogP) is 3.79. The third-order valence-electron chi connectivity index (χ3n) is 3.91. The maximum Gasteiger partial charge on any atom is 0.262 e. The maximum atomic E-state index is 13.3. The Labute approximate surface area is 128 Å². The van der Waals surface area contributed by atoms with Crippen LogP contribution in [0.15, 0.2) is 47.4 Å². The van der Waals surface area contributed by atoms with Crippen LogP contribution in [0.5, 0.6) is 0 Å². The minimum absolute atomic E-state index is 0.145. The molecule has 3 aromatic rings. The Bertz CT molecular complexity index is 905. The molecular formula is C18H17FN2O. The lowest BCUT2D eigenvalue weighted by atomic mass is 10.1. The molecule has 0 fully saturated rings. The Morgan fingerprint density at radius 1 is 1.05 bits per heavy atom. The maximum absolute atomic E-state index is 13.3. The van der Waals surface area contributed by atoms with Crippen molar-refractivity contribution in [1.82, 2.24) is 4.57 Å². The molecule has 1 aromatic heterocycles. The van der Waals surface area contributed by atoms with Crippen molar-refractivity contribution in [2.24, 2.45) is 0 Å². The van der Waals surface area contributed by atoms with Gasteiger partial charge in [-0.25, -0.2) is 4.39 Å². The quantitative estimate of drug-likeness (QED) is 0.780. The van der Waals surface area contributed by atoms with Crippen molar-refractivity contribution in [3.05, 3.63) is 69.9 Å². The van der Waals surface area contributed by atoms with E-state index in [0.717, 1.165) is 22.5 Å². The Balaban J connectivity index is 2.25. The fourth-order valence-electron chi connectivity index (χ4n) is 2.90. The van der Waals surface area contributed by atoms with Crippen LogP contribution < -0.4 is 10.9 Å². The van der Waals surface area contributed by atoms with Crippen molar-refractivity contribution in [2.75, 3.05) is 12.4 Å². The van der Waals surface area contributed by atoms with Gasteiger partial charge in [-0.05, 0) is 66.8 Å². The number of fused-ring (bicyclic) bond motifs is 1. The van der Waals surface area contributed by atoms with Gasteiger partial charge in [0.25, 0.3) is 5.56 Å². The first-order valence-corrected chi connectivity index (χ1v) is 7.11. The fourth-order valence-corrected chi connectivity index (χ4v) is 2.90. The van der Waals surface area contributed by atoms with E-state index in [-0.39, 0.29) is 11.4 Å². The average Bonchev–Trinajstić information content (AvgIpc) is 2.47. The number of nitrogens with zero attached hydrogens (tertiary/aromatic N) is 1. The van der Waals surface area contributed by atoms with Gasteiger partial charge in [0.05, 0.1) is 0 Å². The molecule has 0 bridgehead atoms. The van der Waals surface area contributed by atoms with Gasteiger partial charge >= 0.3 is 0 Å². The Hall–Kier alpha value is -2.62. The number of rotatable bonds is 2. The lowest BCUT2D eigenvalue weighted by Gasteiger charge is -2.14. The van der Waals surface area contributed by atoms with Crippen molar-refractivity contribution in [3.8, 4) is 5.69 Å². The van der Waals surface area contributed by atoms with E-state index in [1.54, 1.807) is 16.8 Å². The SMILES string of the molecule is CNc1c(C)cc(-n2ccc3cc(F)ccc3c2=O)cc1C. The Kier molecular flexibility index (Phi) is 3.45. The molecule has 1 N–H and O–H groups in total. The van der Waals surface area contributed by atoms with Crippen molar-refractivity contribution >= 4 is 16.5 Å². The summed E-state index contributed by atoms with van der Waals surface area (Å²) in [5.41, 5.74) is 3.88. The molecule has 0 aliphatic carbocycles. The zero-order valence-corrected chi connectivity index (χ0v) is 12.8. The first kappa shape index (κ1) is 14.3. The monoisotopic (exact) mass is 296 g/mol. The number of pyridine rings is 1. The standard InChI is InChI=1S/C18H17FN2O/c1-11-8-15(9-12(2)17(11)20-3)21-7-6-13-10-14(19)4-5-16(13)18(21)22/h4-10,20H,1-3H3. The summed E-state index contributed by atoms with van der Waals surface area (Å²) in [4.78, 5) is 12.6. The van der Waals surface area contributed by atoms with Crippen LogP contribution >= 0.6 is 0 Å². The highest BCUT2D eigenvalue weighted by atomic mass is 19.1. The molecule has 2 aromatic carbocycles. The molecular weight excluding hydrogens is 279 g/mol. The van der Waals surface area contributed by atoms with Crippen LogP contribution in [0.4, 0.5) is 10.1 Å². The fraction of sp³-hybridized carbons (Fsp3) is 0.167. The molecule has 0 unspecified atom stereocenters. The first-order chi connectivity index (χ1) is 10.5. The van der Waals surface area contributed by atoms with Gasteiger partial charge in [0.15, 0.2) is 0 Å². The predicted molar refractivity (Wildman–Crippen MR) is 88.5 cm³/mol. The van der Waals surface area contributed by atoms with Gasteiger partial charge < -0.3 is 5.32 Å². The average molecular weight is 296 g/mol. The van der Waals surface area contributed by atoms with Crippen LogP contribution in [-0.4, -0.2) is 11.6 Å². The third-order valence-corrected chi connectivity index (χ3v) is 3.91. The van der Waals surface area contributed by atoms with E-state index >= 15 is 0 Å². The third kappa shape index (κ3) is 2.26. The number of anilines is 1. The highest BCUT2D eigenvalue weighted by molar-refractivity contribution is 5.81. The van der Waals surface area contributed by atoms with Crippen molar-refractivity contribution in [3.63, 3.8) is 0 Å². The van der Waals surface area contributed by atoms with E-state index < -0.39 is 0 Å². The zero-order chi connectivity index (χ0) is 15.9. The van der Waals surface area contributed by atoms with E-state index in [1.165, 1.54) is 18.2 Å². The summed E-state index contributed by atoms with van der Waals surface area (Å²) in [6.45, 7) is 4.01. The second kappa shape index (κ2) is 5.30. The molecule has 0 saturated heterocycles. The van der Waals surface area contributed by atoms with Crippen molar-refractivity contribution in [1.29, 1.82) is 0 Å². The topological polar surface area (TPSA) is 34.0 Å². The molecule has 0 amide bonds. The Morgan fingerprint density at radius 2 is 1.73 bits per heavy atom. The number of aryl methyl sites for hydroxylation is 2. The van der Waals surface area contributed by atoms with Crippen LogP contribution in [0.25, 0.3) is 16.5 Å². The second-order valence-corrected chi connectivity index (χ2v) is 5.43. The smallest absolute Gasteiger partial charge is 0.262 e. The van der Waals surface area contributed by atoms with Crippen molar-refractivity contribution in [2.45, 2.75) is 13.8 Å². The highest BCUT2D eigenvalue weighted by Crippen LogP contribution is 2.23. The van der Waals surface area contributed by atoms with Gasteiger partial charge in [-0.3, -0.25) is 9.36 Å². The number of aromatic nitrogens is 1. The number of hydrogen-bond acceptors (Lipinski definition) is 2. The lowest BCUT2D eigenvalue weighted by Crippen LogP contribution is -2.18. The summed E-state index contributed by atoms with van der Waals surface area (Å²) >= 11 is 0. The summed E-state index contributed by atoms with van der Waals surface area (Å²) in [6, 6.07) is 9.92. The molecule has 4 heteroatoms. The number of benzene rings is 2. The first-order valence-electron chi connectivity index (χ1n) is 7.11. The summed E-state index contributed by atoms with van der Waals surface area (Å²) in [5.74, 6) is -0.338. The lowest BCUT2D eigenvalue weighted by molar-refractivity contribution is 0.629. The van der Waals surface area contributed by atoms with E-state index in [0.29, 0.717) is 10.8 Å². The number of nitrogens with one attached hydrogen (secondary N) is 1. The molecule has 22 heavy (non-hydrogen) atoms. The molecule has 0 aliphatic rings. The molecule has 1 heterocycles. The molecule has 0 atom stereocenters. The van der Waals surface area contributed by atoms with Crippen LogP contribution in [0, 0.1) is 19.7 Å². The van der Waals surface area contributed by atoms with Gasteiger partial charge in [0, 0.05) is 30.0 Å². The molecule has 112 valence electrons. The zero-order valence-electron chi connectivity index (χ0n) is 12.8. The van der Waals surface area contributed by atoms with Crippen LogP contribution in [-0.2, 0) is 0 Å². The summed E-state index contributed by atoms with van der Waals surface area (Å²) in [7, 11) is 1.88. The van der Waals surface area contributed by atoms with E-state index in [2.05, 4.69) is 5.32 Å². The van der Waals surface area contributed by atoms with Crippen molar-refractivity contribution < 1.29 is 4.39 Å². The van der Waals surface area contributed by atoms with Gasteiger partial charge in [0.1, 0.15) is 5.82 Å². The normalized spacial score (nSPS) is 10.9. The minimum Gasteiger partial charge on any atom is -0.388 e. The molecule has 0 saturated carbocycles. The Morgan fingerprint density at radius 3 is 2.36 bits per heavy atom. The van der Waals surface area contributed by atoms with E-state index in [1.807, 2.05) is 33.0 Å². The molecule has 0 aliphatic heterocycles. The van der Waals surface area contributed by atoms with Crippen LogP contribution in [0.2, 0.25) is 0 Å². The summed E-state index contributed by atoms with van der Waals surface area (Å²) < 4.78 is 14.9. The minimum atomic E-state index is -0.338. The van der Waals surface area contributed by atoms with E-state index in [4.69, 9.17) is 0 Å². The molecule has 0 spiro atoms. The second-order valence-electron chi connectivity index (χ2n) is 5.43. The molecule has 0 radical (unpaired) electrons. The number of hydrogen-bond donors (Lipinski definition) is 1. The largest absolute Gasteiger partial charge is 0.388 e. The van der Waals surface area contributed by atoms with E-state index in [9.17, 15) is 9.18 Å². The van der Waals surface area contributed by atoms with Gasteiger partial charge in [0.2, 0.25) is 0 Å². The number of halogens is 1. The molecule has 3 nitrogen and oxygen atoms in total. The van der Waals surface area contributed by atoms with Gasteiger partial charge in [-0.1, -0.05) is 0 Å². The van der Waals surface area contributed by atoms with Gasteiger partial charge in [-0.2, -0.15) is 0 Å². The highest BCUT2D eigenvalue weighted by Gasteiger charge is 2.09. The van der Waals surface area contributed by atoms with Crippen LogP contribution in [0.3, 0.4) is 0 Å². The molecule has 3 rings (SSSR count). The summed E-state index contributed by atoms with van der Waals surface area (Å²) in [5, 5.41) is 4.29. The van der Waals surface area contributed by atoms with Crippen LogP contribution in [0.1, 0.15) is 11.1 Å². The van der Waals surface area contributed by atoms with Gasteiger partial charge in [-0.15, -0.1) is 0 Å². The summed E-state index contributed by atoms with van der Waals surface area (Å²) in [6.07, 6.45) is 1.69.